The molecule has 0 aliphatic carbocycles. The third kappa shape index (κ3) is 2.64. The molecule has 0 unspecified atom stereocenters. The number of hydrogen-bond acceptors (Lipinski definition) is 2. The van der Waals surface area contributed by atoms with Crippen LogP contribution in [0.5, 0.6) is 0 Å². The van der Waals surface area contributed by atoms with Crippen LogP contribution in [0.15, 0.2) is 4.47 Å². The average molecular weight is 264 g/mol. The van der Waals surface area contributed by atoms with Gasteiger partial charge in [0.15, 0.2) is 0 Å². The summed E-state index contributed by atoms with van der Waals surface area (Å²) >= 11 is 9.30. The maximum absolute atomic E-state index is 5.94. The SMILES string of the molecule is CCCc1nc(Cl)c(Br)c(CC)n1. The molecule has 0 aromatic carbocycles. The van der Waals surface area contributed by atoms with Gasteiger partial charge in [-0.15, -0.1) is 0 Å². The second kappa shape index (κ2) is 4.91. The lowest BCUT2D eigenvalue weighted by Crippen LogP contribution is -2.00. The third-order valence-corrected chi connectivity index (χ3v) is 3.07. The average Bonchev–Trinajstić information content (AvgIpc) is 2.11. The normalized spacial score (nSPS) is 10.5. The Balaban J connectivity index is 3.06. The molecule has 1 aromatic rings. The van der Waals surface area contributed by atoms with Crippen LogP contribution in [0.4, 0.5) is 0 Å². The van der Waals surface area contributed by atoms with Crippen molar-refractivity contribution in [3.05, 3.63) is 21.1 Å². The number of aryl methyl sites for hydroxylation is 2. The first kappa shape index (κ1) is 10.9. The molecule has 0 atom stereocenters. The van der Waals surface area contributed by atoms with E-state index >= 15 is 0 Å². The zero-order valence-corrected chi connectivity index (χ0v) is 10.1. The van der Waals surface area contributed by atoms with Gasteiger partial charge in [0.05, 0.1) is 10.2 Å². The van der Waals surface area contributed by atoms with Crippen LogP contribution in [-0.2, 0) is 12.8 Å². The molecule has 1 heterocycles. The second-order valence-electron chi connectivity index (χ2n) is 2.79. The van der Waals surface area contributed by atoms with Crippen molar-refractivity contribution in [3.8, 4) is 0 Å². The van der Waals surface area contributed by atoms with E-state index in [2.05, 4.69) is 39.7 Å². The van der Waals surface area contributed by atoms with Crippen LogP contribution in [0.2, 0.25) is 5.15 Å². The first-order valence-corrected chi connectivity index (χ1v) is 5.56. The first-order chi connectivity index (χ1) is 6.19. The first-order valence-electron chi connectivity index (χ1n) is 4.39. The molecule has 0 amide bonds. The van der Waals surface area contributed by atoms with Gasteiger partial charge in [0.25, 0.3) is 0 Å². The van der Waals surface area contributed by atoms with Gasteiger partial charge in [-0.25, -0.2) is 9.97 Å². The zero-order valence-electron chi connectivity index (χ0n) is 7.77. The van der Waals surface area contributed by atoms with Gasteiger partial charge in [0.2, 0.25) is 0 Å². The van der Waals surface area contributed by atoms with Crippen molar-refractivity contribution in [2.45, 2.75) is 33.1 Å². The summed E-state index contributed by atoms with van der Waals surface area (Å²) in [4.78, 5) is 8.58. The summed E-state index contributed by atoms with van der Waals surface area (Å²) in [6, 6.07) is 0. The fourth-order valence-electron chi connectivity index (χ4n) is 1.08. The second-order valence-corrected chi connectivity index (χ2v) is 3.95. The lowest BCUT2D eigenvalue weighted by atomic mass is 10.3. The van der Waals surface area contributed by atoms with E-state index in [4.69, 9.17) is 11.6 Å². The minimum Gasteiger partial charge on any atom is -0.237 e. The minimum absolute atomic E-state index is 0.523. The van der Waals surface area contributed by atoms with Crippen LogP contribution in [0, 0.1) is 0 Å². The molecule has 4 heteroatoms. The van der Waals surface area contributed by atoms with Gasteiger partial charge in [-0.05, 0) is 28.8 Å². The number of rotatable bonds is 3. The molecule has 0 spiro atoms. The highest BCUT2D eigenvalue weighted by atomic mass is 79.9. The van der Waals surface area contributed by atoms with Crippen LogP contribution in [-0.4, -0.2) is 9.97 Å². The Labute approximate surface area is 91.9 Å². The summed E-state index contributed by atoms with van der Waals surface area (Å²) in [6.07, 6.45) is 2.81. The van der Waals surface area contributed by atoms with E-state index in [1.807, 2.05) is 0 Å². The molecule has 0 aliphatic heterocycles. The fourth-order valence-corrected chi connectivity index (χ4v) is 1.75. The number of halogens is 2. The van der Waals surface area contributed by atoms with Crippen LogP contribution >= 0.6 is 27.5 Å². The highest BCUT2D eigenvalue weighted by Crippen LogP contribution is 2.23. The lowest BCUT2D eigenvalue weighted by molar-refractivity contribution is 0.809. The summed E-state index contributed by atoms with van der Waals surface area (Å²) in [5.74, 6) is 0.840. The monoisotopic (exact) mass is 262 g/mol. The quantitative estimate of drug-likeness (QED) is 0.781. The summed E-state index contributed by atoms with van der Waals surface area (Å²) in [5, 5.41) is 0.523. The summed E-state index contributed by atoms with van der Waals surface area (Å²) in [7, 11) is 0. The predicted molar refractivity (Wildman–Crippen MR) is 58.1 cm³/mol. The molecule has 0 radical (unpaired) electrons. The molecular formula is C9H12BrClN2. The van der Waals surface area contributed by atoms with E-state index in [9.17, 15) is 0 Å². The Morgan fingerprint density at radius 2 is 2.00 bits per heavy atom. The van der Waals surface area contributed by atoms with Crippen molar-refractivity contribution < 1.29 is 0 Å². The zero-order chi connectivity index (χ0) is 9.84. The molecule has 0 N–H and O–H groups in total. The van der Waals surface area contributed by atoms with Gasteiger partial charge in [-0.2, -0.15) is 0 Å². The maximum Gasteiger partial charge on any atom is 0.147 e. The van der Waals surface area contributed by atoms with Crippen LogP contribution < -0.4 is 0 Å². The van der Waals surface area contributed by atoms with Gasteiger partial charge in [-0.3, -0.25) is 0 Å². The van der Waals surface area contributed by atoms with Crippen molar-refractivity contribution in [3.63, 3.8) is 0 Å². The van der Waals surface area contributed by atoms with E-state index in [1.54, 1.807) is 0 Å². The van der Waals surface area contributed by atoms with Gasteiger partial charge in [-0.1, -0.05) is 25.4 Å². The Morgan fingerprint density at radius 1 is 1.31 bits per heavy atom. The van der Waals surface area contributed by atoms with Crippen LogP contribution in [0.25, 0.3) is 0 Å². The van der Waals surface area contributed by atoms with Gasteiger partial charge in [0, 0.05) is 6.42 Å². The van der Waals surface area contributed by atoms with E-state index in [0.29, 0.717) is 5.15 Å². The number of aromatic nitrogens is 2. The molecule has 0 bridgehead atoms. The van der Waals surface area contributed by atoms with E-state index < -0.39 is 0 Å². The summed E-state index contributed by atoms with van der Waals surface area (Å²) in [5.41, 5.74) is 0.989. The summed E-state index contributed by atoms with van der Waals surface area (Å²) < 4.78 is 0.830. The molecular weight excluding hydrogens is 251 g/mol. The molecule has 0 fully saturated rings. The Bertz CT molecular complexity index is 302. The lowest BCUT2D eigenvalue weighted by Gasteiger charge is -2.05. The Hall–Kier alpha value is -0.150. The maximum atomic E-state index is 5.94. The Morgan fingerprint density at radius 3 is 2.54 bits per heavy atom. The largest absolute Gasteiger partial charge is 0.237 e. The Kier molecular flexibility index (Phi) is 4.13. The van der Waals surface area contributed by atoms with Gasteiger partial charge >= 0.3 is 0 Å². The molecule has 0 saturated carbocycles. The topological polar surface area (TPSA) is 25.8 Å². The highest BCUT2D eigenvalue weighted by molar-refractivity contribution is 9.10. The highest BCUT2D eigenvalue weighted by Gasteiger charge is 2.08. The molecule has 0 saturated heterocycles. The number of nitrogens with zero attached hydrogens (tertiary/aromatic N) is 2. The van der Waals surface area contributed by atoms with Crippen LogP contribution in [0.1, 0.15) is 31.8 Å². The van der Waals surface area contributed by atoms with E-state index in [1.165, 1.54) is 0 Å². The van der Waals surface area contributed by atoms with E-state index in [-0.39, 0.29) is 0 Å². The van der Waals surface area contributed by atoms with Gasteiger partial charge < -0.3 is 0 Å². The van der Waals surface area contributed by atoms with Crippen molar-refractivity contribution in [2.75, 3.05) is 0 Å². The van der Waals surface area contributed by atoms with Crippen molar-refractivity contribution in [1.82, 2.24) is 9.97 Å². The summed E-state index contributed by atoms with van der Waals surface area (Å²) in [6.45, 7) is 4.16. The number of hydrogen-bond donors (Lipinski definition) is 0. The molecule has 1 rings (SSSR count). The fraction of sp³-hybridized carbons (Fsp3) is 0.556. The predicted octanol–water partition coefficient (Wildman–Crippen LogP) is 3.41. The van der Waals surface area contributed by atoms with Crippen LogP contribution in [0.3, 0.4) is 0 Å². The van der Waals surface area contributed by atoms with E-state index in [0.717, 1.165) is 35.3 Å². The van der Waals surface area contributed by atoms with Crippen molar-refractivity contribution >= 4 is 27.5 Å². The molecule has 13 heavy (non-hydrogen) atoms. The van der Waals surface area contributed by atoms with Crippen molar-refractivity contribution in [1.29, 1.82) is 0 Å². The standard InChI is InChI=1S/C9H12BrClN2/c1-3-5-7-12-6(4-2)8(10)9(11)13-7/h3-5H2,1-2H3. The minimum atomic E-state index is 0.523. The molecule has 72 valence electrons. The van der Waals surface area contributed by atoms with Crippen molar-refractivity contribution in [2.24, 2.45) is 0 Å². The smallest absolute Gasteiger partial charge is 0.147 e. The molecule has 1 aromatic heterocycles. The molecule has 0 aliphatic rings. The third-order valence-electron chi connectivity index (χ3n) is 1.73. The van der Waals surface area contributed by atoms with Gasteiger partial charge in [0.1, 0.15) is 11.0 Å². The molecule has 2 nitrogen and oxygen atoms in total.